The molecule has 5 rings (SSSR count). The van der Waals surface area contributed by atoms with E-state index in [-0.39, 0.29) is 35.3 Å². The molecule has 1 saturated carbocycles. The first-order valence-electron chi connectivity index (χ1n) is 13.9. The number of ether oxygens (including phenoxy) is 1. The number of fused-ring (bicyclic) bond motifs is 3. The van der Waals surface area contributed by atoms with E-state index in [4.69, 9.17) is 9.72 Å². The van der Waals surface area contributed by atoms with Crippen LogP contribution in [0.25, 0.3) is 0 Å². The molecule has 5 unspecified atom stereocenters. The number of halogens is 3. The molecule has 1 saturated heterocycles. The van der Waals surface area contributed by atoms with Crippen LogP contribution >= 0.6 is 0 Å². The van der Waals surface area contributed by atoms with Crippen molar-refractivity contribution in [2.45, 2.75) is 76.4 Å². The van der Waals surface area contributed by atoms with E-state index in [1.54, 1.807) is 4.90 Å². The van der Waals surface area contributed by atoms with E-state index >= 15 is 0 Å². The Hall–Kier alpha value is -3.01. The highest BCUT2D eigenvalue weighted by atomic mass is 19.4. The highest BCUT2D eigenvalue weighted by Gasteiger charge is 2.42. The van der Waals surface area contributed by atoms with Crippen LogP contribution < -0.4 is 10.2 Å². The van der Waals surface area contributed by atoms with Crippen molar-refractivity contribution in [2.75, 3.05) is 24.7 Å². The number of carbonyl (C=O) groups excluding carboxylic acids is 2. The number of rotatable bonds is 5. The summed E-state index contributed by atoms with van der Waals surface area (Å²) in [5.41, 5.74) is 1.07. The Morgan fingerprint density at radius 2 is 1.85 bits per heavy atom. The average molecular weight is 545 g/mol. The zero-order chi connectivity index (χ0) is 27.7. The minimum absolute atomic E-state index is 0.0483. The number of pyridine rings is 2. The maximum absolute atomic E-state index is 13.3. The van der Waals surface area contributed by atoms with Gasteiger partial charge in [-0.3, -0.25) is 19.5 Å². The third kappa shape index (κ3) is 5.53. The van der Waals surface area contributed by atoms with Gasteiger partial charge in [0.1, 0.15) is 11.5 Å². The normalized spacial score (nSPS) is 27.4. The van der Waals surface area contributed by atoms with Crippen molar-refractivity contribution < 1.29 is 27.5 Å². The Morgan fingerprint density at radius 3 is 2.56 bits per heavy atom. The van der Waals surface area contributed by atoms with Crippen molar-refractivity contribution in [1.82, 2.24) is 15.3 Å². The Labute approximate surface area is 226 Å². The van der Waals surface area contributed by atoms with Gasteiger partial charge in [-0.15, -0.1) is 0 Å². The fraction of sp³-hybridized carbons (Fsp3) is 0.586. The Bertz CT molecular complexity index is 1220. The largest absolute Gasteiger partial charge is 0.433 e. The number of aromatic nitrogens is 2. The second-order valence-corrected chi connectivity index (χ2v) is 10.9. The van der Waals surface area contributed by atoms with Crippen LogP contribution in [0.4, 0.5) is 19.0 Å². The predicted octanol–water partition coefficient (Wildman–Crippen LogP) is 5.46. The Morgan fingerprint density at radius 1 is 1.08 bits per heavy atom. The number of carbonyl (C=O) groups is 2. The molecule has 2 aliphatic heterocycles. The van der Waals surface area contributed by atoms with Gasteiger partial charge in [-0.2, -0.15) is 13.2 Å². The monoisotopic (exact) mass is 544 g/mol. The zero-order valence-corrected chi connectivity index (χ0v) is 22.3. The lowest BCUT2D eigenvalue weighted by Gasteiger charge is -2.39. The molecular formula is C29H35F3N4O3. The number of nitrogens with one attached hydrogen (secondary N) is 1. The molecule has 2 fully saturated rings. The van der Waals surface area contributed by atoms with Crippen LogP contribution in [0.15, 0.2) is 30.6 Å². The molecule has 210 valence electrons. The fourth-order valence-electron chi connectivity index (χ4n) is 6.65. The van der Waals surface area contributed by atoms with Crippen LogP contribution in [-0.2, 0) is 15.7 Å². The topological polar surface area (TPSA) is 84.4 Å². The summed E-state index contributed by atoms with van der Waals surface area (Å²) in [6.45, 7) is 5.88. The fourth-order valence-corrected chi connectivity index (χ4v) is 6.65. The van der Waals surface area contributed by atoms with Gasteiger partial charge in [-0.1, -0.05) is 13.3 Å². The summed E-state index contributed by atoms with van der Waals surface area (Å²) in [6.07, 6.45) is 3.06. The summed E-state index contributed by atoms with van der Waals surface area (Å²) in [6, 6.07) is 4.15. The van der Waals surface area contributed by atoms with E-state index in [0.29, 0.717) is 38.5 Å². The third-order valence-electron chi connectivity index (χ3n) is 8.70. The maximum Gasteiger partial charge on any atom is 0.433 e. The summed E-state index contributed by atoms with van der Waals surface area (Å²) >= 11 is 0. The molecule has 0 aromatic carbocycles. The highest BCUT2D eigenvalue weighted by molar-refractivity contribution is 5.98. The minimum atomic E-state index is -4.61. The predicted molar refractivity (Wildman–Crippen MR) is 139 cm³/mol. The first-order valence-corrected chi connectivity index (χ1v) is 13.9. The molecule has 0 radical (unpaired) electrons. The SMILES string of the molecule is CCC1CCC(NC(=O)c2ccnc(C(F)(F)F)c2)CC1c1cnc2c(c1)C1CCOCCC1C(=O)N2CC. The Balaban J connectivity index is 1.39. The maximum atomic E-state index is 13.3. The lowest BCUT2D eigenvalue weighted by Crippen LogP contribution is -2.44. The van der Waals surface area contributed by atoms with E-state index in [9.17, 15) is 22.8 Å². The smallest absolute Gasteiger partial charge is 0.381 e. The molecule has 10 heteroatoms. The van der Waals surface area contributed by atoms with Crippen molar-refractivity contribution in [2.24, 2.45) is 11.8 Å². The van der Waals surface area contributed by atoms with Crippen LogP contribution in [0, 0.1) is 11.8 Å². The average Bonchev–Trinajstić information content (AvgIpc) is 3.19. The number of hydrogen-bond acceptors (Lipinski definition) is 5. The second kappa shape index (κ2) is 11.2. The van der Waals surface area contributed by atoms with Gasteiger partial charge >= 0.3 is 6.18 Å². The van der Waals surface area contributed by atoms with Crippen molar-refractivity contribution in [3.05, 3.63) is 53.0 Å². The number of amides is 2. The summed E-state index contributed by atoms with van der Waals surface area (Å²) in [5, 5.41) is 2.97. The zero-order valence-electron chi connectivity index (χ0n) is 22.3. The molecule has 39 heavy (non-hydrogen) atoms. The number of nitrogens with zero attached hydrogens (tertiary/aromatic N) is 3. The van der Waals surface area contributed by atoms with E-state index in [1.807, 2.05) is 13.1 Å². The van der Waals surface area contributed by atoms with Crippen LogP contribution in [0.5, 0.6) is 0 Å². The molecule has 5 atom stereocenters. The molecule has 7 nitrogen and oxygen atoms in total. The summed E-state index contributed by atoms with van der Waals surface area (Å²) in [5.74, 6) is 0.834. The van der Waals surface area contributed by atoms with Gasteiger partial charge in [0.25, 0.3) is 5.91 Å². The van der Waals surface area contributed by atoms with Gasteiger partial charge < -0.3 is 10.1 Å². The van der Waals surface area contributed by atoms with Crippen molar-refractivity contribution in [3.8, 4) is 0 Å². The molecule has 4 heterocycles. The highest BCUT2D eigenvalue weighted by Crippen LogP contribution is 2.46. The number of anilines is 1. The quantitative estimate of drug-likeness (QED) is 0.540. The molecule has 1 aliphatic carbocycles. The summed E-state index contributed by atoms with van der Waals surface area (Å²) in [4.78, 5) is 36.1. The van der Waals surface area contributed by atoms with E-state index < -0.39 is 17.8 Å². The van der Waals surface area contributed by atoms with Crippen molar-refractivity contribution in [3.63, 3.8) is 0 Å². The van der Waals surface area contributed by atoms with Gasteiger partial charge in [0.15, 0.2) is 0 Å². The number of hydrogen-bond donors (Lipinski definition) is 1. The van der Waals surface area contributed by atoms with Gasteiger partial charge in [0, 0.05) is 55.6 Å². The van der Waals surface area contributed by atoms with E-state index in [2.05, 4.69) is 23.3 Å². The Kier molecular flexibility index (Phi) is 7.94. The van der Waals surface area contributed by atoms with Gasteiger partial charge in [-0.25, -0.2) is 4.98 Å². The minimum Gasteiger partial charge on any atom is -0.381 e. The van der Waals surface area contributed by atoms with Crippen LogP contribution in [-0.4, -0.2) is 47.6 Å². The molecule has 2 aromatic heterocycles. The van der Waals surface area contributed by atoms with Gasteiger partial charge in [0.05, 0.1) is 0 Å². The van der Waals surface area contributed by atoms with Crippen LogP contribution in [0.1, 0.15) is 91.4 Å². The van der Waals surface area contributed by atoms with Gasteiger partial charge in [0.2, 0.25) is 5.91 Å². The number of alkyl halides is 3. The van der Waals surface area contributed by atoms with Crippen molar-refractivity contribution in [1.29, 1.82) is 0 Å². The molecule has 0 spiro atoms. The second-order valence-electron chi connectivity index (χ2n) is 10.9. The van der Waals surface area contributed by atoms with E-state index in [1.165, 1.54) is 6.07 Å². The van der Waals surface area contributed by atoms with Crippen LogP contribution in [0.2, 0.25) is 0 Å². The molecule has 0 bridgehead atoms. The first-order chi connectivity index (χ1) is 18.7. The third-order valence-corrected chi connectivity index (χ3v) is 8.70. The van der Waals surface area contributed by atoms with Crippen LogP contribution in [0.3, 0.4) is 0 Å². The molecule has 1 N–H and O–H groups in total. The van der Waals surface area contributed by atoms with Crippen molar-refractivity contribution >= 4 is 17.6 Å². The molecular weight excluding hydrogens is 509 g/mol. The first kappa shape index (κ1) is 27.6. The molecule has 2 amide bonds. The lowest BCUT2D eigenvalue weighted by molar-refractivity contribution is -0.141. The summed E-state index contributed by atoms with van der Waals surface area (Å²) in [7, 11) is 0. The summed E-state index contributed by atoms with van der Waals surface area (Å²) < 4.78 is 45.0. The molecule has 3 aliphatic rings. The van der Waals surface area contributed by atoms with Gasteiger partial charge in [-0.05, 0) is 80.2 Å². The standard InChI is InChI=1S/C29H35F3N4O3/c1-3-17-5-6-20(35-27(37)18-7-10-33-25(14-18)29(30,31)32)15-23(17)19-13-24-21-8-11-39-12-9-22(21)28(38)36(4-2)26(24)34-16-19/h7,10,13-14,16-17,20-23H,3-6,8-9,11-12,15H2,1-2H3,(H,35,37). The molecule has 2 aromatic rings. The lowest BCUT2D eigenvalue weighted by atomic mass is 9.71. The van der Waals surface area contributed by atoms with E-state index in [0.717, 1.165) is 54.9 Å².